The number of carbonyl (C=O) groups excluding carboxylic acids is 2. The Balaban J connectivity index is 2.38. The van der Waals surface area contributed by atoms with Crippen molar-refractivity contribution in [2.75, 3.05) is 19.2 Å². The lowest BCUT2D eigenvalue weighted by Crippen LogP contribution is -2.27. The van der Waals surface area contributed by atoms with E-state index in [1.165, 1.54) is 16.1 Å². The van der Waals surface area contributed by atoms with Crippen LogP contribution in [0.4, 0.5) is 4.79 Å². The molecule has 0 aliphatic rings. The molecule has 0 aliphatic heterocycles. The average molecular weight is 362 g/mol. The normalized spacial score (nSPS) is 11.0. The van der Waals surface area contributed by atoms with Gasteiger partial charge in [0.2, 0.25) is 0 Å². The summed E-state index contributed by atoms with van der Waals surface area (Å²) in [6.07, 6.45) is 1.15. The minimum atomic E-state index is -0.676. The largest absolute Gasteiger partial charge is 0.434 e. The molecule has 1 N–H and O–H groups in total. The third-order valence-corrected chi connectivity index (χ3v) is 4.11. The lowest BCUT2D eigenvalue weighted by atomic mass is 10.2. The smallest absolute Gasteiger partial charge is 0.309 e. The van der Waals surface area contributed by atoms with Gasteiger partial charge >= 0.3 is 6.09 Å². The predicted octanol–water partition coefficient (Wildman–Crippen LogP) is 3.44. The molecule has 2 amide bonds. The second-order valence-electron chi connectivity index (χ2n) is 3.96. The summed E-state index contributed by atoms with van der Waals surface area (Å²) in [6, 6.07) is 6.66. The zero-order valence-corrected chi connectivity index (χ0v) is 14.7. The second-order valence-corrected chi connectivity index (χ2v) is 6.49. The molecule has 0 saturated carbocycles. The third-order valence-electron chi connectivity index (χ3n) is 2.38. The summed E-state index contributed by atoms with van der Waals surface area (Å²) in [6.45, 7) is 1.73. The van der Waals surface area contributed by atoms with E-state index in [1.807, 2.05) is 6.26 Å². The van der Waals surface area contributed by atoms with Crippen LogP contribution < -0.4 is 5.32 Å². The molecular weight excluding hydrogens is 346 g/mol. The van der Waals surface area contributed by atoms with Gasteiger partial charge in [-0.2, -0.15) is 0 Å². The van der Waals surface area contributed by atoms with Gasteiger partial charge in [-0.05, 0) is 43.3 Å². The lowest BCUT2D eigenvalue weighted by molar-refractivity contribution is 0.0891. The van der Waals surface area contributed by atoms with Gasteiger partial charge in [0.1, 0.15) is 5.04 Å². The molecule has 9 heteroatoms. The fraction of sp³-hybridized carbons (Fsp3) is 0.308. The molecule has 120 valence electrons. The molecule has 1 aromatic carbocycles. The first kappa shape index (κ1) is 18.7. The van der Waals surface area contributed by atoms with Crippen LogP contribution in [-0.4, -0.2) is 40.5 Å². The van der Waals surface area contributed by atoms with E-state index in [0.29, 0.717) is 15.6 Å². The Morgan fingerprint density at radius 3 is 2.82 bits per heavy atom. The van der Waals surface area contributed by atoms with Gasteiger partial charge in [0.05, 0.1) is 5.88 Å². The minimum Gasteiger partial charge on any atom is -0.309 e. The zero-order chi connectivity index (χ0) is 16.5. The molecule has 0 heterocycles. The quantitative estimate of drug-likeness (QED) is 0.217. The van der Waals surface area contributed by atoms with Crippen LogP contribution in [0.5, 0.6) is 0 Å². The number of hydrogen-bond acceptors (Lipinski definition) is 6. The average Bonchev–Trinajstić information content (AvgIpc) is 2.51. The molecule has 1 aromatic rings. The Bertz CT molecular complexity index is 569. The standard InChI is InChI=1S/C13H16ClN3O3S2/c1-9(21-3)16-20-13(19)15-8-22-17(2)12(18)10-5-4-6-11(14)7-10/h4-7H,8H2,1-3H3,(H,15,19)/b16-9+. The molecule has 0 spiro atoms. The Morgan fingerprint density at radius 1 is 1.45 bits per heavy atom. The highest BCUT2D eigenvalue weighted by atomic mass is 35.5. The van der Waals surface area contributed by atoms with Crippen LogP contribution >= 0.6 is 35.3 Å². The molecule has 22 heavy (non-hydrogen) atoms. The molecule has 0 unspecified atom stereocenters. The Hall–Kier alpha value is -1.38. The Kier molecular flexibility index (Phi) is 8.15. The first-order valence-electron chi connectivity index (χ1n) is 6.14. The fourth-order valence-electron chi connectivity index (χ4n) is 1.23. The van der Waals surface area contributed by atoms with Gasteiger partial charge in [-0.3, -0.25) is 13.9 Å². The van der Waals surface area contributed by atoms with Crippen LogP contribution in [0.25, 0.3) is 0 Å². The maximum absolute atomic E-state index is 12.1. The predicted molar refractivity (Wildman–Crippen MR) is 92.2 cm³/mol. The van der Waals surface area contributed by atoms with Gasteiger partial charge in [0, 0.05) is 17.6 Å². The maximum atomic E-state index is 12.1. The first-order chi connectivity index (χ1) is 10.4. The molecule has 0 fully saturated rings. The number of nitrogens with zero attached hydrogens (tertiary/aromatic N) is 2. The summed E-state index contributed by atoms with van der Waals surface area (Å²) < 4.78 is 1.41. The van der Waals surface area contributed by atoms with Crippen LogP contribution in [0, 0.1) is 0 Å². The molecule has 1 rings (SSSR count). The van der Waals surface area contributed by atoms with Crippen molar-refractivity contribution < 1.29 is 14.4 Å². The lowest BCUT2D eigenvalue weighted by Gasteiger charge is -2.15. The number of carbonyl (C=O) groups is 2. The number of halogens is 1. The van der Waals surface area contributed by atoms with E-state index in [2.05, 4.69) is 15.3 Å². The number of nitrogens with one attached hydrogen (secondary N) is 1. The number of amides is 2. The maximum Gasteiger partial charge on any atom is 0.434 e. The number of thioether (sulfide) groups is 1. The van der Waals surface area contributed by atoms with E-state index < -0.39 is 6.09 Å². The first-order valence-corrected chi connectivity index (χ1v) is 8.68. The summed E-state index contributed by atoms with van der Waals surface area (Å²) in [5.74, 6) is -0.0333. The van der Waals surface area contributed by atoms with Gasteiger partial charge in [-0.15, -0.1) is 11.8 Å². The van der Waals surface area contributed by atoms with E-state index in [0.717, 1.165) is 11.9 Å². The molecule has 0 saturated heterocycles. The summed E-state index contributed by atoms with van der Waals surface area (Å²) >= 11 is 8.35. The topological polar surface area (TPSA) is 71.0 Å². The van der Waals surface area contributed by atoms with Crippen molar-refractivity contribution in [1.29, 1.82) is 0 Å². The zero-order valence-electron chi connectivity index (χ0n) is 12.3. The van der Waals surface area contributed by atoms with Gasteiger partial charge in [-0.1, -0.05) is 22.8 Å². The van der Waals surface area contributed by atoms with Crippen molar-refractivity contribution in [3.63, 3.8) is 0 Å². The van der Waals surface area contributed by atoms with Crippen LogP contribution in [0.15, 0.2) is 29.4 Å². The highest BCUT2D eigenvalue weighted by Crippen LogP contribution is 2.15. The third kappa shape index (κ3) is 6.59. The van der Waals surface area contributed by atoms with Gasteiger partial charge in [0.15, 0.2) is 0 Å². The van der Waals surface area contributed by atoms with Crippen molar-refractivity contribution in [1.82, 2.24) is 9.62 Å². The summed E-state index contributed by atoms with van der Waals surface area (Å²) in [4.78, 5) is 28.1. The van der Waals surface area contributed by atoms with Crippen LogP contribution in [0.2, 0.25) is 5.02 Å². The summed E-state index contributed by atoms with van der Waals surface area (Å²) in [7, 11) is 1.61. The van der Waals surface area contributed by atoms with Crippen molar-refractivity contribution in [3.05, 3.63) is 34.9 Å². The number of benzene rings is 1. The van der Waals surface area contributed by atoms with E-state index in [1.54, 1.807) is 38.2 Å². The molecule has 0 aliphatic carbocycles. The highest BCUT2D eigenvalue weighted by molar-refractivity contribution is 8.13. The molecule has 0 radical (unpaired) electrons. The minimum absolute atomic E-state index is 0.176. The van der Waals surface area contributed by atoms with Gasteiger partial charge in [-0.25, -0.2) is 4.79 Å². The molecule has 6 nitrogen and oxygen atoms in total. The van der Waals surface area contributed by atoms with Gasteiger partial charge < -0.3 is 5.32 Å². The van der Waals surface area contributed by atoms with Crippen LogP contribution in [0.3, 0.4) is 0 Å². The van der Waals surface area contributed by atoms with Crippen molar-refractivity contribution in [2.45, 2.75) is 6.92 Å². The SMILES string of the molecule is CS/C(C)=N/OC(=O)NCSN(C)C(=O)c1cccc(Cl)c1. The van der Waals surface area contributed by atoms with Crippen LogP contribution in [-0.2, 0) is 4.84 Å². The Labute approximate surface area is 142 Å². The van der Waals surface area contributed by atoms with Crippen molar-refractivity contribution in [2.24, 2.45) is 5.16 Å². The van der Waals surface area contributed by atoms with Gasteiger partial charge in [0.25, 0.3) is 5.91 Å². The summed E-state index contributed by atoms with van der Waals surface area (Å²) in [5.41, 5.74) is 0.477. The second kappa shape index (κ2) is 9.60. The van der Waals surface area contributed by atoms with E-state index in [9.17, 15) is 9.59 Å². The number of hydrogen-bond donors (Lipinski definition) is 1. The highest BCUT2D eigenvalue weighted by Gasteiger charge is 2.13. The van der Waals surface area contributed by atoms with Crippen molar-refractivity contribution >= 4 is 52.4 Å². The molecule has 0 atom stereocenters. The van der Waals surface area contributed by atoms with E-state index >= 15 is 0 Å². The fourth-order valence-corrected chi connectivity index (χ4v) is 2.13. The summed E-state index contributed by atoms with van der Waals surface area (Å²) in [5, 5.41) is 7.20. The molecule has 0 bridgehead atoms. The molecule has 0 aromatic heterocycles. The molecular formula is C13H16ClN3O3S2. The van der Waals surface area contributed by atoms with E-state index in [4.69, 9.17) is 11.6 Å². The van der Waals surface area contributed by atoms with Crippen molar-refractivity contribution in [3.8, 4) is 0 Å². The van der Waals surface area contributed by atoms with Crippen LogP contribution in [0.1, 0.15) is 17.3 Å². The monoisotopic (exact) mass is 361 g/mol. The Morgan fingerprint density at radius 2 is 2.18 bits per heavy atom. The number of oxime groups is 1. The number of rotatable bonds is 5. The van der Waals surface area contributed by atoms with E-state index in [-0.39, 0.29) is 11.8 Å².